The van der Waals surface area contributed by atoms with E-state index in [0.29, 0.717) is 11.0 Å². The number of imidazole rings is 1. The number of para-hydroxylation sites is 1. The van der Waals surface area contributed by atoms with E-state index < -0.39 is 10.0 Å². The zero-order valence-corrected chi connectivity index (χ0v) is 17.5. The van der Waals surface area contributed by atoms with Gasteiger partial charge in [0.2, 0.25) is 0 Å². The Morgan fingerprint density at radius 2 is 1.67 bits per heavy atom. The van der Waals surface area contributed by atoms with Gasteiger partial charge < -0.3 is 4.98 Å². The number of rotatable bonds is 4. The Morgan fingerprint density at radius 1 is 0.933 bits per heavy atom. The van der Waals surface area contributed by atoms with Gasteiger partial charge in [-0.2, -0.15) is 0 Å². The van der Waals surface area contributed by atoms with Crippen LogP contribution in [0.15, 0.2) is 84.1 Å². The maximum Gasteiger partial charge on any atom is 0.268 e. The molecule has 0 radical (unpaired) electrons. The van der Waals surface area contributed by atoms with Gasteiger partial charge in [0.15, 0.2) is 0 Å². The first-order chi connectivity index (χ1) is 14.5. The molecule has 2 aromatic heterocycles. The minimum absolute atomic E-state index is 0.0363. The van der Waals surface area contributed by atoms with Crippen molar-refractivity contribution in [1.29, 1.82) is 0 Å². The second-order valence-corrected chi connectivity index (χ2v) is 9.38. The van der Waals surface area contributed by atoms with E-state index in [0.717, 1.165) is 27.6 Å². The third-order valence-corrected chi connectivity index (χ3v) is 7.42. The smallest absolute Gasteiger partial charge is 0.268 e. The molecule has 0 aliphatic rings. The standard InChI is InChI=1S/C24H21N3O2S/c1-16-7-10-19(11-8-16)30(28,29)27-23-6-4-3-5-20(23)21-12-9-18(13-24(21)27)17(2)22-14-25-15-26-22/h3-15,17H,1-2H3,(H,25,26). The van der Waals surface area contributed by atoms with Crippen LogP contribution in [0, 0.1) is 6.92 Å². The summed E-state index contributed by atoms with van der Waals surface area (Å²) >= 11 is 0. The van der Waals surface area contributed by atoms with Crippen LogP contribution in [-0.4, -0.2) is 22.4 Å². The SMILES string of the molecule is Cc1ccc(S(=O)(=O)n2c3ccccc3c3ccc(C(C)c4c[nH]cn4)cc32)cc1. The van der Waals surface area contributed by atoms with Crippen molar-refractivity contribution in [3.63, 3.8) is 0 Å². The van der Waals surface area contributed by atoms with E-state index in [-0.39, 0.29) is 10.8 Å². The van der Waals surface area contributed by atoms with E-state index in [1.54, 1.807) is 18.5 Å². The molecule has 2 heterocycles. The van der Waals surface area contributed by atoms with Gasteiger partial charge in [-0.05, 0) is 36.8 Å². The van der Waals surface area contributed by atoms with Crippen LogP contribution in [0.2, 0.25) is 0 Å². The molecule has 6 heteroatoms. The maximum atomic E-state index is 13.7. The molecular formula is C24H21N3O2S. The summed E-state index contributed by atoms with van der Waals surface area (Å²) in [4.78, 5) is 7.63. The number of benzene rings is 3. The first kappa shape index (κ1) is 18.6. The first-order valence-corrected chi connectivity index (χ1v) is 11.2. The molecule has 3 aromatic carbocycles. The number of aromatic nitrogens is 3. The predicted octanol–water partition coefficient (Wildman–Crippen LogP) is 5.21. The minimum atomic E-state index is -3.77. The van der Waals surface area contributed by atoms with E-state index in [4.69, 9.17) is 0 Å². The summed E-state index contributed by atoms with van der Waals surface area (Å²) in [6.07, 6.45) is 3.52. The fraction of sp³-hybridized carbons (Fsp3) is 0.125. The summed E-state index contributed by atoms with van der Waals surface area (Å²) in [6.45, 7) is 4.01. The van der Waals surface area contributed by atoms with Gasteiger partial charge in [0.25, 0.3) is 10.0 Å². The van der Waals surface area contributed by atoms with Crippen LogP contribution in [-0.2, 0) is 10.0 Å². The van der Waals surface area contributed by atoms with Crippen molar-refractivity contribution >= 4 is 31.8 Å². The van der Waals surface area contributed by atoms with E-state index in [1.165, 1.54) is 3.97 Å². The van der Waals surface area contributed by atoms with Crippen molar-refractivity contribution in [3.05, 3.63) is 96.1 Å². The van der Waals surface area contributed by atoms with Crippen LogP contribution in [0.3, 0.4) is 0 Å². The molecule has 0 saturated heterocycles. The third kappa shape index (κ3) is 2.83. The lowest BCUT2D eigenvalue weighted by Gasteiger charge is -2.12. The molecule has 1 atom stereocenters. The van der Waals surface area contributed by atoms with Crippen molar-refractivity contribution in [2.75, 3.05) is 0 Å². The normalized spacial score (nSPS) is 13.1. The Balaban J connectivity index is 1.80. The minimum Gasteiger partial charge on any atom is -0.351 e. The Bertz CT molecular complexity index is 1460. The number of nitrogens with one attached hydrogen (secondary N) is 1. The Labute approximate surface area is 175 Å². The van der Waals surface area contributed by atoms with E-state index >= 15 is 0 Å². The lowest BCUT2D eigenvalue weighted by Crippen LogP contribution is -2.13. The molecule has 5 rings (SSSR count). The van der Waals surface area contributed by atoms with Crippen LogP contribution >= 0.6 is 0 Å². The molecule has 0 aliphatic carbocycles. The molecule has 0 spiro atoms. The summed E-state index contributed by atoms with van der Waals surface area (Å²) in [5.74, 6) is 0.0363. The number of H-pyrrole nitrogens is 1. The number of hydrogen-bond donors (Lipinski definition) is 1. The molecule has 5 aromatic rings. The van der Waals surface area contributed by atoms with Crippen LogP contribution < -0.4 is 0 Å². The number of fused-ring (bicyclic) bond motifs is 3. The highest BCUT2D eigenvalue weighted by Gasteiger charge is 2.24. The van der Waals surface area contributed by atoms with Gasteiger partial charge in [-0.25, -0.2) is 17.4 Å². The maximum absolute atomic E-state index is 13.7. The molecule has 0 amide bonds. The van der Waals surface area contributed by atoms with Crippen molar-refractivity contribution < 1.29 is 8.42 Å². The topological polar surface area (TPSA) is 67.8 Å². The van der Waals surface area contributed by atoms with Crippen molar-refractivity contribution in [2.45, 2.75) is 24.7 Å². The van der Waals surface area contributed by atoms with E-state index in [1.807, 2.05) is 61.7 Å². The fourth-order valence-corrected chi connectivity index (χ4v) is 5.49. The predicted molar refractivity (Wildman–Crippen MR) is 119 cm³/mol. The van der Waals surface area contributed by atoms with Gasteiger partial charge in [0.05, 0.1) is 28.0 Å². The van der Waals surface area contributed by atoms with Gasteiger partial charge in [-0.1, -0.05) is 55.0 Å². The molecular weight excluding hydrogens is 394 g/mol. The highest BCUT2D eigenvalue weighted by Crippen LogP contribution is 2.35. The second kappa shape index (κ2) is 6.85. The molecule has 0 fully saturated rings. The van der Waals surface area contributed by atoms with Gasteiger partial charge in [-0.15, -0.1) is 0 Å². The summed E-state index contributed by atoms with van der Waals surface area (Å²) < 4.78 is 28.9. The highest BCUT2D eigenvalue weighted by atomic mass is 32.2. The zero-order chi connectivity index (χ0) is 20.9. The largest absolute Gasteiger partial charge is 0.351 e. The first-order valence-electron chi connectivity index (χ1n) is 9.81. The summed E-state index contributed by atoms with van der Waals surface area (Å²) in [7, 11) is -3.77. The van der Waals surface area contributed by atoms with Gasteiger partial charge in [0, 0.05) is 22.9 Å². The number of nitrogens with zero attached hydrogens (tertiary/aromatic N) is 2. The van der Waals surface area contributed by atoms with Crippen molar-refractivity contribution in [3.8, 4) is 0 Å². The Hall–Kier alpha value is -3.38. The summed E-state index contributed by atoms with van der Waals surface area (Å²) in [6, 6.07) is 20.7. The average molecular weight is 416 g/mol. The van der Waals surface area contributed by atoms with Crippen molar-refractivity contribution in [1.82, 2.24) is 13.9 Å². The Morgan fingerprint density at radius 3 is 2.40 bits per heavy atom. The molecule has 5 nitrogen and oxygen atoms in total. The number of aryl methyl sites for hydroxylation is 1. The van der Waals surface area contributed by atoms with E-state index in [9.17, 15) is 8.42 Å². The van der Waals surface area contributed by atoms with Crippen LogP contribution in [0.5, 0.6) is 0 Å². The molecule has 1 N–H and O–H groups in total. The quantitative estimate of drug-likeness (QED) is 0.438. The fourth-order valence-electron chi connectivity index (χ4n) is 3.98. The zero-order valence-electron chi connectivity index (χ0n) is 16.7. The molecule has 0 bridgehead atoms. The number of aromatic amines is 1. The Kier molecular flexibility index (Phi) is 4.25. The molecule has 0 saturated carbocycles. The lowest BCUT2D eigenvalue weighted by atomic mass is 9.97. The lowest BCUT2D eigenvalue weighted by molar-refractivity contribution is 0.590. The summed E-state index contributed by atoms with van der Waals surface area (Å²) in [5.41, 5.74) is 4.30. The molecule has 30 heavy (non-hydrogen) atoms. The molecule has 0 aliphatic heterocycles. The van der Waals surface area contributed by atoms with Crippen LogP contribution in [0.1, 0.15) is 29.7 Å². The molecule has 1 unspecified atom stereocenters. The van der Waals surface area contributed by atoms with E-state index in [2.05, 4.69) is 23.0 Å². The average Bonchev–Trinajstić information content (AvgIpc) is 3.39. The van der Waals surface area contributed by atoms with Crippen LogP contribution in [0.25, 0.3) is 21.8 Å². The van der Waals surface area contributed by atoms with Gasteiger partial charge >= 0.3 is 0 Å². The molecule has 150 valence electrons. The monoisotopic (exact) mass is 415 g/mol. The van der Waals surface area contributed by atoms with Crippen LogP contribution in [0.4, 0.5) is 0 Å². The van der Waals surface area contributed by atoms with Gasteiger partial charge in [0.1, 0.15) is 0 Å². The second-order valence-electron chi connectivity index (χ2n) is 7.59. The summed E-state index contributed by atoms with van der Waals surface area (Å²) in [5, 5.41) is 1.83. The highest BCUT2D eigenvalue weighted by molar-refractivity contribution is 7.90. The van der Waals surface area contributed by atoms with Crippen molar-refractivity contribution in [2.24, 2.45) is 0 Å². The van der Waals surface area contributed by atoms with Gasteiger partial charge in [-0.3, -0.25) is 0 Å². The third-order valence-electron chi connectivity index (χ3n) is 5.68. The number of hydrogen-bond acceptors (Lipinski definition) is 3.